The largest absolute Gasteiger partial charge is 0.478 e. The van der Waals surface area contributed by atoms with Gasteiger partial charge in [-0.25, -0.2) is 4.79 Å². The van der Waals surface area contributed by atoms with Crippen molar-refractivity contribution in [1.82, 2.24) is 10.2 Å². The predicted octanol–water partition coefficient (Wildman–Crippen LogP) is 0.877. The van der Waals surface area contributed by atoms with Gasteiger partial charge in [-0.15, -0.1) is 0 Å². The van der Waals surface area contributed by atoms with Crippen molar-refractivity contribution >= 4 is 11.9 Å². The van der Waals surface area contributed by atoms with E-state index in [2.05, 4.69) is 10.2 Å². The third-order valence-corrected chi connectivity index (χ3v) is 3.67. The van der Waals surface area contributed by atoms with Gasteiger partial charge in [0.25, 0.3) is 0 Å². The molecule has 0 saturated carbocycles. The normalized spacial score (nSPS) is 16.5. The Morgan fingerprint density at radius 1 is 1.37 bits per heavy atom. The number of aromatic carboxylic acids is 1. The molecule has 0 spiro atoms. The number of carbonyl (C=O) groups excluding carboxylic acids is 1. The molecule has 0 aliphatic carbocycles. The van der Waals surface area contributed by atoms with Gasteiger partial charge in [-0.05, 0) is 36.6 Å². The summed E-state index contributed by atoms with van der Waals surface area (Å²) >= 11 is 0. The van der Waals surface area contributed by atoms with Gasteiger partial charge in [0.1, 0.15) is 0 Å². The predicted molar refractivity (Wildman–Crippen MR) is 71.0 cm³/mol. The fourth-order valence-corrected chi connectivity index (χ4v) is 2.42. The molecule has 1 unspecified atom stereocenters. The number of fused-ring (bicyclic) bond motifs is 1. The van der Waals surface area contributed by atoms with Crippen LogP contribution in [0.4, 0.5) is 0 Å². The summed E-state index contributed by atoms with van der Waals surface area (Å²) in [7, 11) is 1.62. The lowest BCUT2D eigenvalue weighted by Gasteiger charge is -2.32. The molecule has 0 aromatic heterocycles. The first-order chi connectivity index (χ1) is 9.02. The fourth-order valence-electron chi connectivity index (χ4n) is 2.42. The zero-order valence-electron chi connectivity index (χ0n) is 11.1. The minimum Gasteiger partial charge on any atom is -0.478 e. The Balaban J connectivity index is 2.20. The Labute approximate surface area is 112 Å². The van der Waals surface area contributed by atoms with Crippen LogP contribution in [0.1, 0.15) is 28.4 Å². The third kappa shape index (κ3) is 2.76. The van der Waals surface area contributed by atoms with Crippen molar-refractivity contribution in [3.63, 3.8) is 0 Å². The highest BCUT2D eigenvalue weighted by molar-refractivity contribution is 5.88. The molecular weight excluding hydrogens is 244 g/mol. The fraction of sp³-hybridized carbons (Fsp3) is 0.429. The van der Waals surface area contributed by atoms with E-state index in [9.17, 15) is 9.59 Å². The van der Waals surface area contributed by atoms with Crippen molar-refractivity contribution in [3.05, 3.63) is 34.9 Å². The Bertz CT molecular complexity index is 513. The number of likely N-dealkylation sites (N-methyl/N-ethyl adjacent to an activating group) is 1. The number of carboxylic acid groups (broad SMARTS) is 1. The second-order valence-electron chi connectivity index (χ2n) is 4.80. The van der Waals surface area contributed by atoms with Crippen molar-refractivity contribution in [2.24, 2.45) is 0 Å². The lowest BCUT2D eigenvalue weighted by atomic mass is 9.96. The summed E-state index contributed by atoms with van der Waals surface area (Å²) in [5, 5.41) is 11.7. The number of hydrogen-bond donors (Lipinski definition) is 2. The van der Waals surface area contributed by atoms with Crippen LogP contribution in [0, 0.1) is 0 Å². The number of hydrogen-bond acceptors (Lipinski definition) is 3. The monoisotopic (exact) mass is 262 g/mol. The van der Waals surface area contributed by atoms with E-state index in [0.717, 1.165) is 18.5 Å². The molecule has 0 bridgehead atoms. The average molecular weight is 262 g/mol. The van der Waals surface area contributed by atoms with Crippen LogP contribution in [0.3, 0.4) is 0 Å². The highest BCUT2D eigenvalue weighted by atomic mass is 16.4. The van der Waals surface area contributed by atoms with Gasteiger partial charge >= 0.3 is 5.97 Å². The molecule has 2 rings (SSSR count). The Morgan fingerprint density at radius 2 is 2.11 bits per heavy atom. The molecule has 1 aliphatic rings. The Morgan fingerprint density at radius 3 is 2.74 bits per heavy atom. The number of amides is 1. The van der Waals surface area contributed by atoms with Gasteiger partial charge in [-0.1, -0.05) is 6.07 Å². The van der Waals surface area contributed by atoms with Crippen LogP contribution < -0.4 is 5.32 Å². The SMILES string of the molecule is CNC(=O)C(C)N1CCc2ccc(C(=O)O)cc2C1. The molecule has 1 amide bonds. The molecule has 0 saturated heterocycles. The maximum Gasteiger partial charge on any atom is 0.335 e. The van der Waals surface area contributed by atoms with Crippen molar-refractivity contribution in [1.29, 1.82) is 0 Å². The van der Waals surface area contributed by atoms with Crippen molar-refractivity contribution < 1.29 is 14.7 Å². The first-order valence-corrected chi connectivity index (χ1v) is 6.33. The topological polar surface area (TPSA) is 69.6 Å². The molecule has 0 fully saturated rings. The highest BCUT2D eigenvalue weighted by Crippen LogP contribution is 2.22. The minimum atomic E-state index is -0.917. The van der Waals surface area contributed by atoms with Crippen LogP contribution in [0.2, 0.25) is 0 Å². The number of benzene rings is 1. The summed E-state index contributed by atoms with van der Waals surface area (Å²) in [6.07, 6.45) is 0.844. The van der Waals surface area contributed by atoms with Crippen LogP contribution in [0.25, 0.3) is 0 Å². The van der Waals surface area contributed by atoms with E-state index in [1.54, 1.807) is 19.2 Å². The lowest BCUT2D eigenvalue weighted by molar-refractivity contribution is -0.125. The smallest absolute Gasteiger partial charge is 0.335 e. The minimum absolute atomic E-state index is 0.0159. The summed E-state index contributed by atoms with van der Waals surface area (Å²) in [6.45, 7) is 3.30. The van der Waals surface area contributed by atoms with E-state index in [1.807, 2.05) is 13.0 Å². The molecule has 1 aromatic rings. The van der Waals surface area contributed by atoms with E-state index in [4.69, 9.17) is 5.11 Å². The molecule has 1 aromatic carbocycles. The average Bonchev–Trinajstić information content (AvgIpc) is 2.44. The van der Waals surface area contributed by atoms with Crippen LogP contribution >= 0.6 is 0 Å². The second-order valence-corrected chi connectivity index (χ2v) is 4.80. The van der Waals surface area contributed by atoms with Crippen LogP contribution in [0.15, 0.2) is 18.2 Å². The zero-order valence-corrected chi connectivity index (χ0v) is 11.1. The van der Waals surface area contributed by atoms with Gasteiger partial charge in [0, 0.05) is 20.1 Å². The first kappa shape index (κ1) is 13.5. The number of nitrogens with one attached hydrogen (secondary N) is 1. The molecule has 1 atom stereocenters. The summed E-state index contributed by atoms with van der Waals surface area (Å²) < 4.78 is 0. The van der Waals surface area contributed by atoms with Gasteiger partial charge in [0.15, 0.2) is 0 Å². The first-order valence-electron chi connectivity index (χ1n) is 6.33. The summed E-state index contributed by atoms with van der Waals surface area (Å²) in [5.41, 5.74) is 2.47. The third-order valence-electron chi connectivity index (χ3n) is 3.67. The molecule has 19 heavy (non-hydrogen) atoms. The number of carboxylic acids is 1. The van der Waals surface area contributed by atoms with E-state index in [0.29, 0.717) is 12.1 Å². The van der Waals surface area contributed by atoms with Gasteiger partial charge in [-0.2, -0.15) is 0 Å². The van der Waals surface area contributed by atoms with Crippen LogP contribution in [0.5, 0.6) is 0 Å². The standard InChI is InChI=1S/C14H18N2O3/c1-9(13(17)15-2)16-6-5-10-3-4-11(14(18)19)7-12(10)8-16/h3-4,7,9H,5-6,8H2,1-2H3,(H,15,17)(H,18,19). The summed E-state index contributed by atoms with van der Waals surface area (Å²) in [5.74, 6) is -0.933. The molecular formula is C14H18N2O3. The molecule has 0 radical (unpaired) electrons. The Kier molecular flexibility index (Phi) is 3.85. The second kappa shape index (κ2) is 5.40. The Hall–Kier alpha value is -1.88. The molecule has 1 aliphatic heterocycles. The van der Waals surface area contributed by atoms with Crippen LogP contribution in [-0.4, -0.2) is 41.5 Å². The van der Waals surface area contributed by atoms with E-state index in [-0.39, 0.29) is 11.9 Å². The van der Waals surface area contributed by atoms with E-state index < -0.39 is 5.97 Å². The summed E-state index contributed by atoms with van der Waals surface area (Å²) in [4.78, 5) is 24.7. The maximum atomic E-state index is 11.7. The maximum absolute atomic E-state index is 11.7. The number of rotatable bonds is 3. The zero-order chi connectivity index (χ0) is 14.0. The van der Waals surface area contributed by atoms with Crippen molar-refractivity contribution in [2.75, 3.05) is 13.6 Å². The van der Waals surface area contributed by atoms with Gasteiger partial charge in [0.05, 0.1) is 11.6 Å². The summed E-state index contributed by atoms with van der Waals surface area (Å²) in [6, 6.07) is 5.02. The molecule has 5 heteroatoms. The lowest BCUT2D eigenvalue weighted by Crippen LogP contribution is -2.46. The molecule has 5 nitrogen and oxygen atoms in total. The van der Waals surface area contributed by atoms with Gasteiger partial charge in [0.2, 0.25) is 5.91 Å². The quantitative estimate of drug-likeness (QED) is 0.848. The van der Waals surface area contributed by atoms with E-state index in [1.165, 1.54) is 5.56 Å². The van der Waals surface area contributed by atoms with Crippen molar-refractivity contribution in [3.8, 4) is 0 Å². The van der Waals surface area contributed by atoms with E-state index >= 15 is 0 Å². The van der Waals surface area contributed by atoms with Crippen LogP contribution in [-0.2, 0) is 17.8 Å². The van der Waals surface area contributed by atoms with Crippen molar-refractivity contribution in [2.45, 2.75) is 25.9 Å². The molecule has 102 valence electrons. The van der Waals surface area contributed by atoms with Gasteiger partial charge in [-0.3, -0.25) is 9.69 Å². The molecule has 1 heterocycles. The van der Waals surface area contributed by atoms with Gasteiger partial charge < -0.3 is 10.4 Å². The number of carbonyl (C=O) groups is 2. The highest BCUT2D eigenvalue weighted by Gasteiger charge is 2.25. The molecule has 2 N–H and O–H groups in total. The number of nitrogens with zero attached hydrogens (tertiary/aromatic N) is 1.